The van der Waals surface area contributed by atoms with Crippen LogP contribution >= 0.6 is 0 Å². The summed E-state index contributed by atoms with van der Waals surface area (Å²) in [6, 6.07) is 31.7. The lowest BCUT2D eigenvalue weighted by Gasteiger charge is -2.09. The molecule has 0 radical (unpaired) electrons. The highest BCUT2D eigenvalue weighted by Crippen LogP contribution is 2.39. The van der Waals surface area contributed by atoms with Gasteiger partial charge in [-0.1, -0.05) is 48.6 Å². The van der Waals surface area contributed by atoms with E-state index in [2.05, 4.69) is 25.8 Å². The second-order valence-corrected chi connectivity index (χ2v) is 12.7. The van der Waals surface area contributed by atoms with E-state index in [9.17, 15) is 33.3 Å². The first-order valence-corrected chi connectivity index (χ1v) is 16.7. The summed E-state index contributed by atoms with van der Waals surface area (Å²) in [4.78, 5) is 9.69. The smallest absolute Gasteiger partial charge is 0.295 e. The van der Waals surface area contributed by atoms with Gasteiger partial charge in [-0.2, -0.15) is 18.6 Å². The summed E-state index contributed by atoms with van der Waals surface area (Å²) < 4.78 is 33.1. The van der Waals surface area contributed by atoms with Gasteiger partial charge in [-0.05, 0) is 89.7 Å². The highest BCUT2D eigenvalue weighted by molar-refractivity contribution is 7.86. The van der Waals surface area contributed by atoms with E-state index in [-0.39, 0.29) is 28.4 Å². The number of aromatic hydroxyl groups is 2. The van der Waals surface area contributed by atoms with Gasteiger partial charge in [-0.15, -0.1) is 10.2 Å². The van der Waals surface area contributed by atoms with Crippen molar-refractivity contribution in [1.82, 2.24) is 0 Å². The van der Waals surface area contributed by atoms with Crippen LogP contribution in [0.25, 0.3) is 22.9 Å². The Morgan fingerprint density at radius 1 is 0.725 bits per heavy atom. The van der Waals surface area contributed by atoms with Gasteiger partial charge in [-0.3, -0.25) is 14.7 Å². The molecular weight excluding hydrogens is 673 g/mol. The number of azo groups is 2. The first-order chi connectivity index (χ1) is 24.4. The fraction of sp³-hybridized carbons (Fsp3) is 0.0270. The number of nitrogens with one attached hydrogen (secondary N) is 1. The number of anilines is 2. The highest BCUT2D eigenvalue weighted by Gasteiger charge is 2.19. The van der Waals surface area contributed by atoms with Gasteiger partial charge in [-0.25, -0.2) is 0 Å². The third kappa shape index (κ3) is 8.10. The lowest BCUT2D eigenvalue weighted by molar-refractivity contribution is -0.385. The number of hydrogen-bond donors (Lipinski definition) is 4. The topological polar surface area (TPSA) is 199 Å². The van der Waals surface area contributed by atoms with Crippen LogP contribution in [-0.4, -0.2) is 28.1 Å². The summed E-state index contributed by atoms with van der Waals surface area (Å²) in [6.45, 7) is 1.77. The van der Waals surface area contributed by atoms with E-state index in [4.69, 9.17) is 0 Å². The van der Waals surface area contributed by atoms with Gasteiger partial charge in [0.1, 0.15) is 22.0 Å². The van der Waals surface area contributed by atoms with Gasteiger partial charge >= 0.3 is 0 Å². The van der Waals surface area contributed by atoms with E-state index in [1.807, 2.05) is 48.5 Å². The van der Waals surface area contributed by atoms with E-state index < -0.39 is 25.6 Å². The summed E-state index contributed by atoms with van der Waals surface area (Å²) in [5.74, 6) is -0.231. The molecule has 51 heavy (non-hydrogen) atoms. The van der Waals surface area contributed by atoms with Crippen molar-refractivity contribution >= 4 is 72.9 Å². The molecule has 0 fully saturated rings. The van der Waals surface area contributed by atoms with Gasteiger partial charge in [0.05, 0.1) is 16.3 Å². The number of hydrogen-bond acceptors (Lipinski definition) is 11. The molecule has 0 aliphatic rings. The Balaban J connectivity index is 1.14. The van der Waals surface area contributed by atoms with Crippen molar-refractivity contribution < 1.29 is 28.1 Å². The summed E-state index contributed by atoms with van der Waals surface area (Å²) >= 11 is 0. The maximum absolute atomic E-state index is 11.8. The Morgan fingerprint density at radius 2 is 1.45 bits per heavy atom. The number of nitro benzene ring substituents is 1. The van der Waals surface area contributed by atoms with Crippen molar-refractivity contribution in [2.75, 3.05) is 5.32 Å². The monoisotopic (exact) mass is 700 g/mol. The Kier molecular flexibility index (Phi) is 9.61. The second kappa shape index (κ2) is 14.4. The minimum absolute atomic E-state index is 0.0418. The van der Waals surface area contributed by atoms with Crippen LogP contribution in [0.1, 0.15) is 16.7 Å². The average molecular weight is 701 g/mol. The number of benzene rings is 6. The fourth-order valence-electron chi connectivity index (χ4n) is 5.06. The Labute approximate surface area is 291 Å². The molecule has 14 heteroatoms. The molecule has 0 saturated heterocycles. The molecule has 254 valence electrons. The molecule has 6 rings (SSSR count). The maximum atomic E-state index is 11.8. The molecule has 6 aromatic carbocycles. The minimum atomic E-state index is -4.70. The van der Waals surface area contributed by atoms with Crippen LogP contribution in [0.3, 0.4) is 0 Å². The zero-order chi connectivity index (χ0) is 36.1. The zero-order valence-corrected chi connectivity index (χ0v) is 27.6. The van der Waals surface area contributed by atoms with Crippen LogP contribution in [0, 0.1) is 17.0 Å². The Hall–Kier alpha value is -6.77. The first-order valence-electron chi connectivity index (χ1n) is 15.2. The van der Waals surface area contributed by atoms with Crippen molar-refractivity contribution in [3.05, 3.63) is 142 Å². The van der Waals surface area contributed by atoms with Gasteiger partial charge in [0.25, 0.3) is 15.8 Å². The van der Waals surface area contributed by atoms with Gasteiger partial charge in [0.2, 0.25) is 0 Å². The largest absolute Gasteiger partial charge is 0.506 e. The third-order valence-corrected chi connectivity index (χ3v) is 8.61. The van der Waals surface area contributed by atoms with Crippen LogP contribution in [0.15, 0.2) is 141 Å². The number of non-ortho nitro benzene ring substituents is 1. The summed E-state index contributed by atoms with van der Waals surface area (Å²) in [7, 11) is -4.70. The molecule has 0 heterocycles. The van der Waals surface area contributed by atoms with Crippen molar-refractivity contribution in [2.45, 2.75) is 11.8 Å². The van der Waals surface area contributed by atoms with E-state index in [1.165, 1.54) is 18.2 Å². The number of nitrogens with zero attached hydrogens (tertiary/aromatic N) is 5. The van der Waals surface area contributed by atoms with Crippen LogP contribution in [0.5, 0.6) is 11.5 Å². The predicted molar refractivity (Wildman–Crippen MR) is 195 cm³/mol. The molecule has 0 aliphatic heterocycles. The molecule has 6 aromatic rings. The first kappa shape index (κ1) is 34.1. The predicted octanol–water partition coefficient (Wildman–Crippen LogP) is 10.5. The number of rotatable bonds is 10. The fourth-order valence-corrected chi connectivity index (χ4v) is 5.77. The number of aryl methyl sites for hydroxylation is 1. The lowest BCUT2D eigenvalue weighted by atomic mass is 10.1. The number of para-hydroxylation sites is 1. The quantitative estimate of drug-likeness (QED) is 0.0355. The van der Waals surface area contributed by atoms with Crippen molar-refractivity contribution in [1.29, 1.82) is 0 Å². The maximum Gasteiger partial charge on any atom is 0.295 e. The molecule has 0 saturated carbocycles. The van der Waals surface area contributed by atoms with Crippen LogP contribution < -0.4 is 5.32 Å². The van der Waals surface area contributed by atoms with Crippen molar-refractivity contribution in [3.63, 3.8) is 0 Å². The van der Waals surface area contributed by atoms with Gasteiger partial charge in [0.15, 0.2) is 5.75 Å². The van der Waals surface area contributed by atoms with Gasteiger partial charge in [0, 0.05) is 35.0 Å². The Morgan fingerprint density at radius 3 is 2.18 bits per heavy atom. The third-order valence-electron chi connectivity index (χ3n) is 7.70. The molecular formula is C37H28N6O7S. The minimum Gasteiger partial charge on any atom is -0.506 e. The second-order valence-electron chi connectivity index (χ2n) is 11.3. The van der Waals surface area contributed by atoms with E-state index in [1.54, 1.807) is 55.5 Å². The summed E-state index contributed by atoms with van der Waals surface area (Å²) in [6.07, 6.45) is 2.99. The van der Waals surface area contributed by atoms with E-state index >= 15 is 0 Å². The normalized spacial score (nSPS) is 12.0. The standard InChI is InChI=1S/C37H28N6O7S/c1-23-19-34(42-40-32-18-12-26-20-29(15-17-31(26)37(32)45)38-27-5-3-2-4-6-27)35(44)22-33(23)41-39-28-13-8-24(9-14-28)7-10-25-11-16-30(43(46)47)21-36(25)51(48,49)50/h2-22,38,44-45H,1H3,(H,48,49,50). The molecule has 0 aromatic heterocycles. The van der Waals surface area contributed by atoms with Gasteiger partial charge < -0.3 is 15.5 Å². The average Bonchev–Trinajstić information content (AvgIpc) is 3.11. The molecule has 0 unspecified atom stereocenters. The summed E-state index contributed by atoms with van der Waals surface area (Å²) in [5, 5.41) is 54.1. The number of fused-ring (bicyclic) bond motifs is 1. The van der Waals surface area contributed by atoms with Crippen LogP contribution in [0.4, 0.5) is 39.8 Å². The zero-order valence-electron chi connectivity index (χ0n) is 26.7. The molecule has 0 spiro atoms. The molecule has 4 N–H and O–H groups in total. The molecule has 0 amide bonds. The SMILES string of the molecule is Cc1cc(N=Nc2ccc3cc(Nc4ccccc4)ccc3c2O)c(O)cc1N=Nc1ccc(C=Cc2ccc([N+](=O)[O-])cc2S(=O)(=O)O)cc1. The Bertz CT molecular complexity index is 2480. The van der Waals surface area contributed by atoms with E-state index in [0.29, 0.717) is 27.9 Å². The molecule has 0 atom stereocenters. The van der Waals surface area contributed by atoms with E-state index in [0.717, 1.165) is 28.9 Å². The number of phenolic OH excluding ortho intramolecular Hbond substituents is 2. The number of nitro groups is 1. The van der Waals surface area contributed by atoms with Crippen molar-refractivity contribution in [3.8, 4) is 11.5 Å². The molecule has 0 bridgehead atoms. The molecule has 13 nitrogen and oxygen atoms in total. The summed E-state index contributed by atoms with van der Waals surface area (Å²) in [5.41, 5.74) is 4.01. The van der Waals surface area contributed by atoms with Crippen molar-refractivity contribution in [2.24, 2.45) is 20.5 Å². The van der Waals surface area contributed by atoms with Crippen LogP contribution in [-0.2, 0) is 10.1 Å². The van der Waals surface area contributed by atoms with Crippen LogP contribution in [0.2, 0.25) is 0 Å². The highest BCUT2D eigenvalue weighted by atomic mass is 32.2. The molecule has 0 aliphatic carbocycles. The number of phenols is 2. The lowest BCUT2D eigenvalue weighted by Crippen LogP contribution is -2.02.